The maximum absolute atomic E-state index is 10.5. The van der Waals surface area contributed by atoms with Gasteiger partial charge in [0.05, 0.1) is 6.42 Å². The van der Waals surface area contributed by atoms with Crippen LogP contribution in [-0.4, -0.2) is 33.2 Å². The molecule has 0 spiro atoms. The molecular formula is C10H17N3O2. The van der Waals surface area contributed by atoms with Gasteiger partial charge in [0, 0.05) is 32.0 Å². The van der Waals surface area contributed by atoms with Crippen molar-refractivity contribution in [1.29, 1.82) is 0 Å². The molecule has 1 aromatic rings. The molecule has 0 bridgehead atoms. The first kappa shape index (κ1) is 11.6. The lowest BCUT2D eigenvalue weighted by atomic mass is 10.3. The molecule has 0 atom stereocenters. The highest BCUT2D eigenvalue weighted by Gasteiger charge is 2.15. The molecule has 0 radical (unpaired) electrons. The molecule has 1 rings (SSSR count). The smallest absolute Gasteiger partial charge is 0.305 e. The first-order valence-corrected chi connectivity index (χ1v) is 4.98. The van der Waals surface area contributed by atoms with Gasteiger partial charge in [-0.2, -0.15) is 0 Å². The molecule has 1 N–H and O–H groups in total. The Bertz CT molecular complexity index is 333. The number of carboxylic acid groups (broad SMARTS) is 1. The Hall–Kier alpha value is -1.52. The van der Waals surface area contributed by atoms with Crippen molar-refractivity contribution in [2.24, 2.45) is 7.05 Å². The predicted octanol–water partition coefficient (Wildman–Crippen LogP) is 1.11. The average Bonchev–Trinajstić information content (AvgIpc) is 2.51. The maximum Gasteiger partial charge on any atom is 0.305 e. The second kappa shape index (κ2) is 4.82. The van der Waals surface area contributed by atoms with Gasteiger partial charge in [0.15, 0.2) is 0 Å². The zero-order valence-corrected chi connectivity index (χ0v) is 9.34. The van der Waals surface area contributed by atoms with Crippen LogP contribution in [0.2, 0.25) is 0 Å². The average molecular weight is 211 g/mol. The monoisotopic (exact) mass is 211 g/mol. The van der Waals surface area contributed by atoms with Crippen LogP contribution in [0.15, 0.2) is 12.4 Å². The number of nitrogens with zero attached hydrogens (tertiary/aromatic N) is 3. The van der Waals surface area contributed by atoms with Crippen molar-refractivity contribution in [3.8, 4) is 0 Å². The Morgan fingerprint density at radius 1 is 1.67 bits per heavy atom. The number of aromatic nitrogens is 2. The van der Waals surface area contributed by atoms with Crippen LogP contribution in [0.1, 0.15) is 20.3 Å². The van der Waals surface area contributed by atoms with Gasteiger partial charge in [0.2, 0.25) is 5.95 Å². The number of imidazole rings is 1. The SMILES string of the molecule is CC(C)N(CCC(=O)O)c1nccn1C. The first-order valence-electron chi connectivity index (χ1n) is 4.98. The second-order valence-electron chi connectivity index (χ2n) is 3.77. The molecule has 0 aromatic carbocycles. The number of rotatable bonds is 5. The van der Waals surface area contributed by atoms with Crippen LogP contribution < -0.4 is 4.90 Å². The summed E-state index contributed by atoms with van der Waals surface area (Å²) in [4.78, 5) is 16.7. The summed E-state index contributed by atoms with van der Waals surface area (Å²) in [5.41, 5.74) is 0. The summed E-state index contributed by atoms with van der Waals surface area (Å²) < 4.78 is 1.89. The van der Waals surface area contributed by atoms with Gasteiger partial charge in [0.1, 0.15) is 0 Å². The Morgan fingerprint density at radius 3 is 2.73 bits per heavy atom. The van der Waals surface area contributed by atoms with Crippen molar-refractivity contribution in [2.75, 3.05) is 11.4 Å². The number of anilines is 1. The molecule has 1 aromatic heterocycles. The predicted molar refractivity (Wildman–Crippen MR) is 57.9 cm³/mol. The van der Waals surface area contributed by atoms with E-state index >= 15 is 0 Å². The molecule has 0 unspecified atom stereocenters. The number of carboxylic acids is 1. The minimum Gasteiger partial charge on any atom is -0.481 e. The Labute approximate surface area is 89.3 Å². The van der Waals surface area contributed by atoms with Crippen molar-refractivity contribution < 1.29 is 9.90 Å². The van der Waals surface area contributed by atoms with Crippen molar-refractivity contribution in [1.82, 2.24) is 9.55 Å². The highest BCUT2D eigenvalue weighted by Crippen LogP contribution is 2.13. The fourth-order valence-electron chi connectivity index (χ4n) is 1.44. The molecule has 1 heterocycles. The molecule has 0 fully saturated rings. The molecule has 0 aliphatic rings. The van der Waals surface area contributed by atoms with Gasteiger partial charge in [-0.3, -0.25) is 4.79 Å². The van der Waals surface area contributed by atoms with E-state index in [4.69, 9.17) is 5.11 Å². The lowest BCUT2D eigenvalue weighted by Crippen LogP contribution is -2.34. The Balaban J connectivity index is 2.75. The van der Waals surface area contributed by atoms with E-state index in [0.717, 1.165) is 5.95 Å². The molecule has 15 heavy (non-hydrogen) atoms. The molecule has 84 valence electrons. The number of hydrogen-bond acceptors (Lipinski definition) is 3. The van der Waals surface area contributed by atoms with Gasteiger partial charge in [-0.1, -0.05) is 0 Å². The molecule has 5 heteroatoms. The lowest BCUT2D eigenvalue weighted by molar-refractivity contribution is -0.136. The Morgan fingerprint density at radius 2 is 2.33 bits per heavy atom. The van der Waals surface area contributed by atoms with Gasteiger partial charge in [-0.05, 0) is 13.8 Å². The van der Waals surface area contributed by atoms with Crippen LogP contribution in [0.25, 0.3) is 0 Å². The van der Waals surface area contributed by atoms with E-state index in [2.05, 4.69) is 4.98 Å². The topological polar surface area (TPSA) is 58.4 Å². The zero-order chi connectivity index (χ0) is 11.4. The second-order valence-corrected chi connectivity index (χ2v) is 3.77. The highest BCUT2D eigenvalue weighted by atomic mass is 16.4. The molecule has 0 saturated carbocycles. The fraction of sp³-hybridized carbons (Fsp3) is 0.600. The molecule has 5 nitrogen and oxygen atoms in total. The fourth-order valence-corrected chi connectivity index (χ4v) is 1.44. The maximum atomic E-state index is 10.5. The molecule has 0 aliphatic heterocycles. The summed E-state index contributed by atoms with van der Waals surface area (Å²) in [6.45, 7) is 4.53. The third kappa shape index (κ3) is 2.97. The van der Waals surface area contributed by atoms with E-state index in [0.29, 0.717) is 6.54 Å². The van der Waals surface area contributed by atoms with Crippen LogP contribution in [0.3, 0.4) is 0 Å². The standard InChI is InChI=1S/C10H17N3O2/c1-8(2)13(6-4-9(14)15)10-11-5-7-12(10)3/h5,7-8H,4,6H2,1-3H3,(H,14,15). The van der Waals surface area contributed by atoms with E-state index in [1.807, 2.05) is 36.6 Å². The molecular weight excluding hydrogens is 194 g/mol. The summed E-state index contributed by atoms with van der Waals surface area (Å²) in [5, 5.41) is 8.66. The zero-order valence-electron chi connectivity index (χ0n) is 9.34. The lowest BCUT2D eigenvalue weighted by Gasteiger charge is -2.26. The number of aryl methyl sites for hydroxylation is 1. The molecule has 0 saturated heterocycles. The van der Waals surface area contributed by atoms with Crippen LogP contribution in [-0.2, 0) is 11.8 Å². The number of aliphatic carboxylic acids is 1. The van der Waals surface area contributed by atoms with Crippen molar-refractivity contribution in [3.63, 3.8) is 0 Å². The summed E-state index contributed by atoms with van der Waals surface area (Å²) in [5.74, 6) is 0.0288. The summed E-state index contributed by atoms with van der Waals surface area (Å²) in [6.07, 6.45) is 3.70. The summed E-state index contributed by atoms with van der Waals surface area (Å²) in [7, 11) is 1.90. The largest absolute Gasteiger partial charge is 0.481 e. The molecule has 0 aliphatic carbocycles. The van der Waals surface area contributed by atoms with E-state index < -0.39 is 5.97 Å². The van der Waals surface area contributed by atoms with Gasteiger partial charge in [-0.15, -0.1) is 0 Å². The van der Waals surface area contributed by atoms with Gasteiger partial charge >= 0.3 is 5.97 Å². The normalized spacial score (nSPS) is 10.7. The first-order chi connectivity index (χ1) is 7.02. The quantitative estimate of drug-likeness (QED) is 0.792. The van der Waals surface area contributed by atoms with Gasteiger partial charge < -0.3 is 14.6 Å². The minimum atomic E-state index is -0.783. The summed E-state index contributed by atoms with van der Waals surface area (Å²) >= 11 is 0. The van der Waals surface area contributed by atoms with Gasteiger partial charge in [-0.25, -0.2) is 4.98 Å². The van der Waals surface area contributed by atoms with Crippen molar-refractivity contribution >= 4 is 11.9 Å². The van der Waals surface area contributed by atoms with E-state index in [-0.39, 0.29) is 12.5 Å². The Kier molecular flexibility index (Phi) is 3.71. The van der Waals surface area contributed by atoms with Crippen molar-refractivity contribution in [3.05, 3.63) is 12.4 Å². The minimum absolute atomic E-state index is 0.130. The number of carbonyl (C=O) groups is 1. The van der Waals surface area contributed by atoms with Crippen LogP contribution in [0.4, 0.5) is 5.95 Å². The third-order valence-electron chi connectivity index (χ3n) is 2.24. The summed E-state index contributed by atoms with van der Waals surface area (Å²) in [6, 6.07) is 0.241. The number of hydrogen-bond donors (Lipinski definition) is 1. The highest BCUT2D eigenvalue weighted by molar-refractivity contribution is 5.67. The van der Waals surface area contributed by atoms with Gasteiger partial charge in [0.25, 0.3) is 0 Å². The van der Waals surface area contributed by atoms with Crippen molar-refractivity contribution in [2.45, 2.75) is 26.3 Å². The third-order valence-corrected chi connectivity index (χ3v) is 2.24. The van der Waals surface area contributed by atoms with E-state index in [9.17, 15) is 4.79 Å². The van der Waals surface area contributed by atoms with Crippen LogP contribution in [0, 0.1) is 0 Å². The van der Waals surface area contributed by atoms with E-state index in [1.165, 1.54) is 0 Å². The van der Waals surface area contributed by atoms with Crippen LogP contribution >= 0.6 is 0 Å². The van der Waals surface area contributed by atoms with Crippen LogP contribution in [0.5, 0.6) is 0 Å². The molecule has 0 amide bonds. The van der Waals surface area contributed by atoms with E-state index in [1.54, 1.807) is 6.20 Å².